The Morgan fingerprint density at radius 1 is 1.06 bits per heavy atom. The van der Waals surface area contributed by atoms with Crippen molar-refractivity contribution in [1.29, 1.82) is 0 Å². The standard InChI is InChI=1S/C24H38BrF3O7/c1-5-22(16-25,20(32)35-23(6-2)10-8-9-11-23)15-17(18(29)34-13-12-33-7-3)14-21(4,19(30)31)24(26,27)28/h17H,5-16H2,1-4H3,(H,30,31). The van der Waals surface area contributed by atoms with Gasteiger partial charge in [0.2, 0.25) is 0 Å². The Labute approximate surface area is 213 Å². The fourth-order valence-electron chi connectivity index (χ4n) is 4.42. The molecule has 11 heteroatoms. The molecule has 7 nitrogen and oxygen atoms in total. The molecule has 0 aromatic carbocycles. The lowest BCUT2D eigenvalue weighted by atomic mass is 9.72. The molecule has 0 aromatic heterocycles. The van der Waals surface area contributed by atoms with Crippen molar-refractivity contribution in [2.45, 2.75) is 90.8 Å². The molecule has 35 heavy (non-hydrogen) atoms. The Morgan fingerprint density at radius 3 is 2.09 bits per heavy atom. The molecule has 1 aliphatic carbocycles. The smallest absolute Gasteiger partial charge is 0.404 e. The number of carboxylic acids is 1. The summed E-state index contributed by atoms with van der Waals surface area (Å²) >= 11 is 3.31. The quantitative estimate of drug-likeness (QED) is 0.153. The summed E-state index contributed by atoms with van der Waals surface area (Å²) in [5.41, 5.74) is -5.17. The van der Waals surface area contributed by atoms with Crippen LogP contribution in [0.2, 0.25) is 0 Å². The van der Waals surface area contributed by atoms with Crippen LogP contribution >= 0.6 is 15.9 Å². The number of ether oxygens (including phenoxy) is 3. The second-order valence-electron chi connectivity index (χ2n) is 9.51. The van der Waals surface area contributed by atoms with Gasteiger partial charge < -0.3 is 19.3 Å². The number of rotatable bonds is 15. The third kappa shape index (κ3) is 7.81. The first-order chi connectivity index (χ1) is 16.3. The van der Waals surface area contributed by atoms with Gasteiger partial charge in [0, 0.05) is 11.9 Å². The normalized spacial score (nSPS) is 19.9. The van der Waals surface area contributed by atoms with E-state index in [0.717, 1.165) is 12.8 Å². The van der Waals surface area contributed by atoms with Crippen molar-refractivity contribution in [2.24, 2.45) is 16.7 Å². The summed E-state index contributed by atoms with van der Waals surface area (Å²) in [7, 11) is 0. The maximum absolute atomic E-state index is 13.8. The first kappa shape index (κ1) is 31.7. The summed E-state index contributed by atoms with van der Waals surface area (Å²) in [5.74, 6) is -5.21. The molecule has 1 saturated carbocycles. The van der Waals surface area contributed by atoms with Crippen molar-refractivity contribution in [2.75, 3.05) is 25.2 Å². The van der Waals surface area contributed by atoms with Crippen molar-refractivity contribution < 1.29 is 46.9 Å². The molecule has 3 unspecified atom stereocenters. The monoisotopic (exact) mass is 574 g/mol. The average Bonchev–Trinajstić information content (AvgIpc) is 3.27. The Balaban J connectivity index is 3.30. The highest BCUT2D eigenvalue weighted by Crippen LogP contribution is 2.47. The molecule has 0 saturated heterocycles. The Morgan fingerprint density at radius 2 is 1.66 bits per heavy atom. The molecule has 3 atom stereocenters. The number of hydrogen-bond acceptors (Lipinski definition) is 6. The lowest BCUT2D eigenvalue weighted by molar-refractivity contribution is -0.232. The minimum Gasteiger partial charge on any atom is -0.481 e. The summed E-state index contributed by atoms with van der Waals surface area (Å²) in [6.07, 6.45) is -2.54. The molecule has 1 aliphatic rings. The number of carboxylic acid groups (broad SMARTS) is 1. The zero-order valence-electron chi connectivity index (χ0n) is 21.0. The van der Waals surface area contributed by atoms with Gasteiger partial charge in [0.15, 0.2) is 5.41 Å². The summed E-state index contributed by atoms with van der Waals surface area (Å²) in [4.78, 5) is 38.0. The van der Waals surface area contributed by atoms with Crippen LogP contribution < -0.4 is 0 Å². The second kappa shape index (κ2) is 13.3. The van der Waals surface area contributed by atoms with Gasteiger partial charge in [0.05, 0.1) is 17.9 Å². The number of hydrogen-bond donors (Lipinski definition) is 1. The van der Waals surface area contributed by atoms with Gasteiger partial charge >= 0.3 is 24.1 Å². The Bertz CT molecular complexity index is 718. The lowest BCUT2D eigenvalue weighted by Crippen LogP contribution is -2.47. The highest BCUT2D eigenvalue weighted by atomic mass is 79.9. The van der Waals surface area contributed by atoms with Crippen molar-refractivity contribution in [3.8, 4) is 0 Å². The third-order valence-corrected chi connectivity index (χ3v) is 8.31. The number of halogens is 4. The topological polar surface area (TPSA) is 99.1 Å². The number of carbonyl (C=O) groups is 3. The highest BCUT2D eigenvalue weighted by molar-refractivity contribution is 9.09. The minimum atomic E-state index is -5.12. The van der Waals surface area contributed by atoms with Gasteiger partial charge in [-0.05, 0) is 65.2 Å². The number of carbonyl (C=O) groups excluding carboxylic acids is 2. The van der Waals surface area contributed by atoms with Crippen LogP contribution in [0, 0.1) is 16.7 Å². The molecule has 0 aliphatic heterocycles. The van der Waals surface area contributed by atoms with Crippen molar-refractivity contribution >= 4 is 33.8 Å². The first-order valence-corrected chi connectivity index (χ1v) is 13.2. The van der Waals surface area contributed by atoms with E-state index in [1.165, 1.54) is 0 Å². The predicted molar refractivity (Wildman–Crippen MR) is 126 cm³/mol. The fraction of sp³-hybridized carbons (Fsp3) is 0.875. The summed E-state index contributed by atoms with van der Waals surface area (Å²) in [6.45, 7) is 6.09. The average molecular weight is 575 g/mol. The van der Waals surface area contributed by atoms with Crippen molar-refractivity contribution in [3.05, 3.63) is 0 Å². The fourth-order valence-corrected chi connectivity index (χ4v) is 5.27. The van der Waals surface area contributed by atoms with Crippen molar-refractivity contribution in [1.82, 2.24) is 0 Å². The molecule has 0 spiro atoms. The molecule has 0 radical (unpaired) electrons. The summed E-state index contributed by atoms with van der Waals surface area (Å²) in [6, 6.07) is 0. The molecule has 1 rings (SSSR count). The highest BCUT2D eigenvalue weighted by Gasteiger charge is 2.59. The SMILES string of the molecule is CCOCCOC(=O)C(CC(CC)(CBr)C(=O)OC1(CC)CCCC1)CC(C)(C(=O)O)C(F)(F)F. The first-order valence-electron chi connectivity index (χ1n) is 12.1. The van der Waals surface area contributed by atoms with Crippen LogP contribution in [0.5, 0.6) is 0 Å². The molecular weight excluding hydrogens is 537 g/mol. The van der Waals surface area contributed by atoms with E-state index in [0.29, 0.717) is 32.8 Å². The number of esters is 2. The minimum absolute atomic E-state index is 0.0354. The van der Waals surface area contributed by atoms with Crippen LogP contribution in [-0.4, -0.2) is 59.9 Å². The van der Waals surface area contributed by atoms with Gasteiger partial charge in [0.1, 0.15) is 12.2 Å². The summed E-state index contributed by atoms with van der Waals surface area (Å²) < 4.78 is 57.6. The van der Waals surface area contributed by atoms with E-state index >= 15 is 0 Å². The lowest BCUT2D eigenvalue weighted by Gasteiger charge is -2.38. The van der Waals surface area contributed by atoms with Gasteiger partial charge in [0.25, 0.3) is 0 Å². The van der Waals surface area contributed by atoms with E-state index in [9.17, 15) is 32.7 Å². The molecule has 0 aromatic rings. The van der Waals surface area contributed by atoms with Crippen LogP contribution in [0.3, 0.4) is 0 Å². The largest absolute Gasteiger partial charge is 0.481 e. The zero-order valence-corrected chi connectivity index (χ0v) is 22.6. The molecule has 0 bridgehead atoms. The number of aliphatic carboxylic acids is 1. The molecule has 1 fully saturated rings. The van der Waals surface area contributed by atoms with Gasteiger partial charge in [-0.3, -0.25) is 14.4 Å². The zero-order chi connectivity index (χ0) is 26.9. The van der Waals surface area contributed by atoms with E-state index in [1.54, 1.807) is 13.8 Å². The maximum Gasteiger partial charge on any atom is 0.404 e. The molecule has 204 valence electrons. The second-order valence-corrected chi connectivity index (χ2v) is 10.1. The maximum atomic E-state index is 13.8. The van der Waals surface area contributed by atoms with E-state index in [1.807, 2.05) is 6.92 Å². The van der Waals surface area contributed by atoms with E-state index in [2.05, 4.69) is 15.9 Å². The van der Waals surface area contributed by atoms with Crippen LogP contribution in [0.15, 0.2) is 0 Å². The van der Waals surface area contributed by atoms with E-state index in [4.69, 9.17) is 14.2 Å². The number of alkyl halides is 4. The van der Waals surface area contributed by atoms with E-state index in [-0.39, 0.29) is 31.4 Å². The Kier molecular flexibility index (Phi) is 12.0. The molecule has 0 heterocycles. The van der Waals surface area contributed by atoms with Crippen LogP contribution in [0.4, 0.5) is 13.2 Å². The molecule has 0 amide bonds. The van der Waals surface area contributed by atoms with Crippen LogP contribution in [-0.2, 0) is 28.6 Å². The predicted octanol–water partition coefficient (Wildman–Crippen LogP) is 5.67. The third-order valence-electron chi connectivity index (χ3n) is 7.23. The molecular formula is C24H38BrF3O7. The van der Waals surface area contributed by atoms with Gasteiger partial charge in [-0.2, -0.15) is 13.2 Å². The Hall–Kier alpha value is -1.36. The molecule has 1 N–H and O–H groups in total. The van der Waals surface area contributed by atoms with Crippen LogP contribution in [0.1, 0.15) is 79.1 Å². The van der Waals surface area contributed by atoms with Gasteiger partial charge in [-0.15, -0.1) is 0 Å². The van der Waals surface area contributed by atoms with Crippen molar-refractivity contribution in [3.63, 3.8) is 0 Å². The van der Waals surface area contributed by atoms with Gasteiger partial charge in [-0.25, -0.2) is 0 Å². The summed E-state index contributed by atoms with van der Waals surface area (Å²) in [5, 5.41) is 9.46. The van der Waals surface area contributed by atoms with Crippen LogP contribution in [0.25, 0.3) is 0 Å². The van der Waals surface area contributed by atoms with E-state index < -0.39 is 52.9 Å². The van der Waals surface area contributed by atoms with Gasteiger partial charge in [-0.1, -0.05) is 29.8 Å².